The van der Waals surface area contributed by atoms with Crippen LogP contribution in [0.2, 0.25) is 5.02 Å². The van der Waals surface area contributed by atoms with Gasteiger partial charge in [-0.3, -0.25) is 0 Å². The molecule has 3 nitrogen and oxygen atoms in total. The minimum absolute atomic E-state index is 0.343. The Morgan fingerprint density at radius 3 is 2.96 bits per heavy atom. The first-order valence-corrected chi connectivity index (χ1v) is 9.79. The van der Waals surface area contributed by atoms with Crippen molar-refractivity contribution >= 4 is 35.1 Å². The van der Waals surface area contributed by atoms with E-state index in [-0.39, 0.29) is 0 Å². The Kier molecular flexibility index (Phi) is 3.24. The van der Waals surface area contributed by atoms with Gasteiger partial charge >= 0.3 is 0 Å². The van der Waals surface area contributed by atoms with Gasteiger partial charge in [-0.05, 0) is 30.0 Å². The number of hydrogen-bond acceptors (Lipinski definition) is 5. The molecule has 2 atom stereocenters. The molecule has 6 rings (SSSR count). The van der Waals surface area contributed by atoms with E-state index in [1.165, 1.54) is 37.1 Å². The lowest BCUT2D eigenvalue weighted by atomic mass is 10.0. The van der Waals surface area contributed by atoms with Gasteiger partial charge in [0.1, 0.15) is 5.03 Å². The van der Waals surface area contributed by atoms with Gasteiger partial charge in [0.15, 0.2) is 0 Å². The van der Waals surface area contributed by atoms with E-state index >= 15 is 0 Å². The van der Waals surface area contributed by atoms with Gasteiger partial charge in [0.2, 0.25) is 0 Å². The van der Waals surface area contributed by atoms with Gasteiger partial charge in [0.05, 0.1) is 23.2 Å². The Bertz CT molecular complexity index is 826. The van der Waals surface area contributed by atoms with Crippen LogP contribution in [-0.4, -0.2) is 39.0 Å². The number of nitrogens with zero attached hydrogens (tertiary/aromatic N) is 3. The summed E-state index contributed by atoms with van der Waals surface area (Å²) >= 11 is 9.05. The van der Waals surface area contributed by atoms with E-state index in [4.69, 9.17) is 11.6 Å². The zero-order chi connectivity index (χ0) is 15.4. The Balaban J connectivity index is 1.29. The molecule has 4 heterocycles. The summed E-state index contributed by atoms with van der Waals surface area (Å²) < 4.78 is 9.19. The predicted octanol–water partition coefficient (Wildman–Crippen LogP) is 3.15. The minimum Gasteiger partial charge on any atom is -0.302 e. The van der Waals surface area contributed by atoms with Crippen molar-refractivity contribution in [1.82, 2.24) is 13.6 Å². The van der Waals surface area contributed by atoms with E-state index in [2.05, 4.69) is 25.5 Å². The van der Waals surface area contributed by atoms with Crippen LogP contribution in [0.25, 0.3) is 0 Å². The molecule has 2 unspecified atom stereocenters. The largest absolute Gasteiger partial charge is 0.302 e. The molecule has 0 radical (unpaired) electrons. The first-order valence-electron chi connectivity index (χ1n) is 7.70. The summed E-state index contributed by atoms with van der Waals surface area (Å²) in [5.41, 5.74) is 2.56. The highest BCUT2D eigenvalue weighted by atomic mass is 35.5. The molecule has 23 heavy (non-hydrogen) atoms. The molecular weight excluding hydrogens is 346 g/mol. The molecule has 3 aliphatic heterocycles. The molecule has 2 aromatic rings. The molecule has 4 bridgehead atoms. The lowest BCUT2D eigenvalue weighted by Gasteiger charge is -2.08. The van der Waals surface area contributed by atoms with Crippen LogP contribution in [0.1, 0.15) is 11.3 Å². The molecule has 1 aromatic carbocycles. The zero-order valence-electron chi connectivity index (χ0n) is 12.3. The zero-order valence-corrected chi connectivity index (χ0v) is 14.7. The summed E-state index contributed by atoms with van der Waals surface area (Å²) in [5, 5.41) is 1.83. The summed E-state index contributed by atoms with van der Waals surface area (Å²) in [5.74, 6) is 8.79. The number of benzene rings is 1. The third-order valence-electron chi connectivity index (χ3n) is 5.33. The maximum atomic E-state index is 5.98. The number of thioether (sulfide) groups is 1. The normalized spacial score (nSPS) is 32.7. The monoisotopic (exact) mass is 359 g/mol. The summed E-state index contributed by atoms with van der Waals surface area (Å²) in [4.78, 5) is 2.57. The number of piperidine rings is 3. The van der Waals surface area contributed by atoms with Gasteiger partial charge in [-0.15, -0.1) is 0 Å². The average Bonchev–Trinajstić information content (AvgIpc) is 3.14. The first kappa shape index (κ1) is 14.3. The van der Waals surface area contributed by atoms with Gasteiger partial charge in [0, 0.05) is 35.6 Å². The van der Waals surface area contributed by atoms with E-state index in [9.17, 15) is 0 Å². The summed E-state index contributed by atoms with van der Waals surface area (Å²) in [6, 6.07) is 7.66. The Hall–Kier alpha value is -1.06. The predicted molar refractivity (Wildman–Crippen MR) is 94.1 cm³/mol. The minimum atomic E-state index is 0.343. The van der Waals surface area contributed by atoms with Crippen LogP contribution in [0, 0.1) is 23.7 Å². The van der Waals surface area contributed by atoms with E-state index < -0.39 is 0 Å². The molecular formula is C17H14ClN3S2. The number of rotatable bonds is 3. The third kappa shape index (κ3) is 2.16. The second-order valence-corrected chi connectivity index (χ2v) is 8.40. The Labute approximate surface area is 148 Å². The number of aromatic nitrogens is 2. The topological polar surface area (TPSA) is 29.0 Å². The standard InChI is InChI=1S/C17H14ClN3S2/c18-12-5-1-3-11(7-12)4-2-6-22-16-15(19-23-20-16)17-10-21-8-13(17)14(17)9-21/h1,3,5,7,13-14H,6,8-10H2. The van der Waals surface area contributed by atoms with Crippen LogP contribution in [0.4, 0.5) is 0 Å². The maximum Gasteiger partial charge on any atom is 0.135 e. The molecule has 4 aliphatic rings. The highest BCUT2D eigenvalue weighted by molar-refractivity contribution is 7.99. The summed E-state index contributed by atoms with van der Waals surface area (Å²) in [6.07, 6.45) is 0. The van der Waals surface area contributed by atoms with Crippen molar-refractivity contribution < 1.29 is 0 Å². The van der Waals surface area contributed by atoms with E-state index in [0.29, 0.717) is 5.41 Å². The quantitative estimate of drug-likeness (QED) is 0.622. The van der Waals surface area contributed by atoms with Crippen LogP contribution in [-0.2, 0) is 5.41 Å². The Morgan fingerprint density at radius 2 is 2.22 bits per heavy atom. The fourth-order valence-electron chi connectivity index (χ4n) is 4.34. The van der Waals surface area contributed by atoms with Crippen molar-refractivity contribution in [1.29, 1.82) is 0 Å². The van der Waals surface area contributed by atoms with Crippen LogP contribution in [0.3, 0.4) is 0 Å². The fourth-order valence-corrected chi connectivity index (χ4v) is 6.10. The van der Waals surface area contributed by atoms with Crippen molar-refractivity contribution in [2.75, 3.05) is 25.4 Å². The third-order valence-corrected chi connectivity index (χ3v) is 7.06. The second-order valence-electron chi connectivity index (χ2n) is 6.47. The van der Waals surface area contributed by atoms with E-state index in [0.717, 1.165) is 33.2 Å². The first-order chi connectivity index (χ1) is 11.3. The van der Waals surface area contributed by atoms with Gasteiger partial charge < -0.3 is 4.90 Å². The summed E-state index contributed by atoms with van der Waals surface area (Å²) in [7, 11) is 0. The second kappa shape index (κ2) is 5.22. The van der Waals surface area contributed by atoms with Gasteiger partial charge in [-0.1, -0.05) is 41.3 Å². The summed E-state index contributed by atoms with van der Waals surface area (Å²) in [6.45, 7) is 3.72. The van der Waals surface area contributed by atoms with Crippen LogP contribution < -0.4 is 0 Å². The van der Waals surface area contributed by atoms with E-state index in [1.54, 1.807) is 11.8 Å². The molecule has 0 spiro atoms. The molecule has 1 aliphatic carbocycles. The molecule has 0 amide bonds. The van der Waals surface area contributed by atoms with Gasteiger partial charge in [-0.25, -0.2) is 0 Å². The van der Waals surface area contributed by atoms with E-state index in [1.807, 2.05) is 24.3 Å². The Morgan fingerprint density at radius 1 is 1.35 bits per heavy atom. The SMILES string of the molecule is Clc1cccc(C#CCSc2nsnc2C23CN4CC2C3C4)c1. The van der Waals surface area contributed by atoms with Crippen LogP contribution in [0.5, 0.6) is 0 Å². The lowest BCUT2D eigenvalue weighted by molar-refractivity contribution is 0.405. The number of halogens is 1. The highest BCUT2D eigenvalue weighted by Gasteiger charge is 2.76. The average molecular weight is 360 g/mol. The molecule has 0 N–H and O–H groups in total. The lowest BCUT2D eigenvalue weighted by Crippen LogP contribution is -2.16. The van der Waals surface area contributed by atoms with Crippen LogP contribution >= 0.6 is 35.1 Å². The molecule has 1 aromatic heterocycles. The van der Waals surface area contributed by atoms with Crippen molar-refractivity contribution in [3.8, 4) is 11.8 Å². The van der Waals surface area contributed by atoms with Crippen molar-refractivity contribution in [3.63, 3.8) is 0 Å². The number of hydrogen-bond donors (Lipinski definition) is 0. The van der Waals surface area contributed by atoms with Gasteiger partial charge in [0.25, 0.3) is 0 Å². The van der Waals surface area contributed by atoms with Crippen molar-refractivity contribution in [3.05, 3.63) is 40.5 Å². The maximum absolute atomic E-state index is 5.98. The molecule has 116 valence electrons. The van der Waals surface area contributed by atoms with Crippen LogP contribution in [0.15, 0.2) is 29.3 Å². The van der Waals surface area contributed by atoms with Crippen molar-refractivity contribution in [2.24, 2.45) is 11.8 Å². The fraction of sp³-hybridized carbons (Fsp3) is 0.412. The molecule has 3 saturated heterocycles. The molecule has 6 heteroatoms. The molecule has 4 fully saturated rings. The highest BCUT2D eigenvalue weighted by Crippen LogP contribution is 2.69. The smallest absolute Gasteiger partial charge is 0.135 e. The molecule has 1 saturated carbocycles. The van der Waals surface area contributed by atoms with Crippen molar-refractivity contribution in [2.45, 2.75) is 10.4 Å². The van der Waals surface area contributed by atoms with Gasteiger partial charge in [-0.2, -0.15) is 8.75 Å².